The minimum atomic E-state index is -2.95. The monoisotopic (exact) mass is 165 g/mol. The number of hydrogen-bond donors (Lipinski definition) is 2. The Balaban J connectivity index is 2.72. The van der Waals surface area contributed by atoms with E-state index in [9.17, 15) is 13.9 Å². The van der Waals surface area contributed by atoms with Crippen LogP contribution in [0.4, 0.5) is 8.78 Å². The molecule has 0 saturated carbocycles. The molecule has 0 aromatic rings. The molecule has 11 heavy (non-hydrogen) atoms. The van der Waals surface area contributed by atoms with E-state index >= 15 is 0 Å². The summed E-state index contributed by atoms with van der Waals surface area (Å²) >= 11 is 0. The lowest BCUT2D eigenvalue weighted by atomic mass is 9.93. The molecular formula is C7H13F2NO. The molecule has 1 aliphatic heterocycles. The molecule has 1 fully saturated rings. The van der Waals surface area contributed by atoms with E-state index in [0.717, 1.165) is 0 Å². The summed E-state index contributed by atoms with van der Waals surface area (Å²) in [6, 6.07) is 0. The molecule has 0 amide bonds. The first-order chi connectivity index (χ1) is 4.96. The predicted molar refractivity (Wildman–Crippen MR) is 37.7 cm³/mol. The molecule has 1 unspecified atom stereocenters. The fourth-order valence-corrected chi connectivity index (χ4v) is 1.15. The third-order valence-corrected chi connectivity index (χ3v) is 2.19. The first-order valence-electron chi connectivity index (χ1n) is 3.77. The molecule has 0 radical (unpaired) electrons. The largest absolute Gasteiger partial charge is 0.384 e. The molecule has 1 atom stereocenters. The van der Waals surface area contributed by atoms with E-state index in [1.807, 2.05) is 0 Å². The predicted octanol–water partition coefficient (Wildman–Crippen LogP) is 0.756. The van der Waals surface area contributed by atoms with Crippen molar-refractivity contribution in [2.45, 2.75) is 31.3 Å². The number of alkyl halides is 2. The van der Waals surface area contributed by atoms with Gasteiger partial charge < -0.3 is 10.4 Å². The minimum absolute atomic E-state index is 0.111. The van der Waals surface area contributed by atoms with Crippen molar-refractivity contribution in [3.8, 4) is 0 Å². The molecule has 0 aliphatic carbocycles. The Morgan fingerprint density at radius 2 is 1.82 bits per heavy atom. The lowest BCUT2D eigenvalue weighted by Crippen LogP contribution is -2.45. The second kappa shape index (κ2) is 2.68. The lowest BCUT2D eigenvalue weighted by Gasteiger charge is -2.30. The van der Waals surface area contributed by atoms with Gasteiger partial charge in [0.05, 0.1) is 0 Å². The van der Waals surface area contributed by atoms with Crippen LogP contribution in [0.25, 0.3) is 0 Å². The second-order valence-electron chi connectivity index (χ2n) is 3.23. The number of nitrogens with one attached hydrogen (secondary N) is 1. The molecule has 1 heterocycles. The molecule has 4 heteroatoms. The van der Waals surface area contributed by atoms with Gasteiger partial charge in [0.2, 0.25) is 0 Å². The molecule has 1 saturated heterocycles. The molecule has 66 valence electrons. The molecule has 2 nitrogen and oxygen atoms in total. The van der Waals surface area contributed by atoms with Crippen molar-refractivity contribution in [2.75, 3.05) is 13.1 Å². The molecule has 0 aromatic carbocycles. The third kappa shape index (κ3) is 1.68. The maximum Gasteiger partial charge on any atom is 0.277 e. The van der Waals surface area contributed by atoms with Crippen LogP contribution in [-0.2, 0) is 0 Å². The van der Waals surface area contributed by atoms with Crippen LogP contribution < -0.4 is 5.32 Å². The van der Waals surface area contributed by atoms with E-state index in [-0.39, 0.29) is 19.4 Å². The van der Waals surface area contributed by atoms with Crippen molar-refractivity contribution in [1.29, 1.82) is 0 Å². The van der Waals surface area contributed by atoms with E-state index in [4.69, 9.17) is 0 Å². The Bertz CT molecular complexity index is 131. The zero-order valence-electron chi connectivity index (χ0n) is 6.53. The van der Waals surface area contributed by atoms with Crippen LogP contribution in [0.15, 0.2) is 0 Å². The van der Waals surface area contributed by atoms with Gasteiger partial charge in [0, 0.05) is 13.0 Å². The molecule has 1 aliphatic rings. The van der Waals surface area contributed by atoms with Gasteiger partial charge in [-0.15, -0.1) is 0 Å². The standard InChI is InChI=1S/C7H13F2NO/c1-6(11)2-4-10-5-3-7(6,8)9/h10-11H,2-5H2,1H3. The summed E-state index contributed by atoms with van der Waals surface area (Å²) in [7, 11) is 0. The van der Waals surface area contributed by atoms with Crippen molar-refractivity contribution >= 4 is 0 Å². The quantitative estimate of drug-likeness (QED) is 0.555. The zero-order valence-corrected chi connectivity index (χ0v) is 6.53. The molecule has 0 aromatic heterocycles. The van der Waals surface area contributed by atoms with Crippen LogP contribution in [0.3, 0.4) is 0 Å². The fourth-order valence-electron chi connectivity index (χ4n) is 1.15. The minimum Gasteiger partial charge on any atom is -0.384 e. The van der Waals surface area contributed by atoms with Crippen molar-refractivity contribution < 1.29 is 13.9 Å². The van der Waals surface area contributed by atoms with Crippen LogP contribution in [0, 0.1) is 0 Å². The van der Waals surface area contributed by atoms with Gasteiger partial charge in [-0.2, -0.15) is 0 Å². The summed E-state index contributed by atoms with van der Waals surface area (Å²) in [5, 5.41) is 12.1. The second-order valence-corrected chi connectivity index (χ2v) is 3.23. The normalized spacial score (nSPS) is 38.2. The van der Waals surface area contributed by atoms with Gasteiger partial charge in [0.25, 0.3) is 5.92 Å². The summed E-state index contributed by atoms with van der Waals surface area (Å²) in [6.45, 7) is 1.94. The van der Waals surface area contributed by atoms with Crippen molar-refractivity contribution in [2.24, 2.45) is 0 Å². The van der Waals surface area contributed by atoms with Crippen LogP contribution >= 0.6 is 0 Å². The van der Waals surface area contributed by atoms with Crippen LogP contribution in [0.5, 0.6) is 0 Å². The van der Waals surface area contributed by atoms with Gasteiger partial charge in [0.15, 0.2) is 0 Å². The topological polar surface area (TPSA) is 32.3 Å². The maximum absolute atomic E-state index is 13.0. The Labute approximate surface area is 64.6 Å². The molecule has 1 rings (SSSR count). The molecule has 0 spiro atoms. The number of rotatable bonds is 0. The zero-order chi connectivity index (χ0) is 8.54. The van der Waals surface area contributed by atoms with Crippen molar-refractivity contribution in [1.82, 2.24) is 5.32 Å². The molecular weight excluding hydrogens is 152 g/mol. The number of halogens is 2. The van der Waals surface area contributed by atoms with Gasteiger partial charge in [-0.25, -0.2) is 8.78 Å². The molecule has 2 N–H and O–H groups in total. The van der Waals surface area contributed by atoms with E-state index in [1.54, 1.807) is 0 Å². The summed E-state index contributed by atoms with van der Waals surface area (Å²) in [5.41, 5.74) is -1.84. The summed E-state index contributed by atoms with van der Waals surface area (Å²) in [6.07, 6.45) is -0.167. The highest BCUT2D eigenvalue weighted by atomic mass is 19.3. The van der Waals surface area contributed by atoms with E-state index in [0.29, 0.717) is 6.54 Å². The van der Waals surface area contributed by atoms with Crippen molar-refractivity contribution in [3.05, 3.63) is 0 Å². The Morgan fingerprint density at radius 3 is 2.45 bits per heavy atom. The Morgan fingerprint density at radius 1 is 1.27 bits per heavy atom. The van der Waals surface area contributed by atoms with Gasteiger partial charge in [-0.3, -0.25) is 0 Å². The van der Waals surface area contributed by atoms with E-state index < -0.39 is 11.5 Å². The van der Waals surface area contributed by atoms with Gasteiger partial charge in [-0.1, -0.05) is 0 Å². The highest BCUT2D eigenvalue weighted by molar-refractivity contribution is 4.92. The maximum atomic E-state index is 13.0. The van der Waals surface area contributed by atoms with Crippen LogP contribution in [0.2, 0.25) is 0 Å². The molecule has 0 bridgehead atoms. The van der Waals surface area contributed by atoms with E-state index in [1.165, 1.54) is 6.92 Å². The van der Waals surface area contributed by atoms with Crippen molar-refractivity contribution in [3.63, 3.8) is 0 Å². The fraction of sp³-hybridized carbons (Fsp3) is 1.00. The summed E-state index contributed by atoms with van der Waals surface area (Å²) < 4.78 is 25.9. The third-order valence-electron chi connectivity index (χ3n) is 2.19. The number of aliphatic hydroxyl groups is 1. The van der Waals surface area contributed by atoms with Gasteiger partial charge in [0.1, 0.15) is 5.60 Å². The first kappa shape index (κ1) is 8.87. The van der Waals surface area contributed by atoms with Gasteiger partial charge in [-0.05, 0) is 19.9 Å². The van der Waals surface area contributed by atoms with Crippen LogP contribution in [-0.4, -0.2) is 29.7 Å². The first-order valence-corrected chi connectivity index (χ1v) is 3.77. The highest BCUT2D eigenvalue weighted by Crippen LogP contribution is 2.35. The summed E-state index contributed by atoms with van der Waals surface area (Å²) in [5.74, 6) is -2.95. The average molecular weight is 165 g/mol. The lowest BCUT2D eigenvalue weighted by molar-refractivity contribution is -0.171. The van der Waals surface area contributed by atoms with Crippen LogP contribution in [0.1, 0.15) is 19.8 Å². The number of hydrogen-bond acceptors (Lipinski definition) is 2. The SMILES string of the molecule is CC1(O)CCNCCC1(F)F. The smallest absolute Gasteiger partial charge is 0.277 e. The summed E-state index contributed by atoms with van der Waals surface area (Å²) in [4.78, 5) is 0. The van der Waals surface area contributed by atoms with E-state index in [2.05, 4.69) is 5.32 Å². The Kier molecular flexibility index (Phi) is 2.16. The van der Waals surface area contributed by atoms with Gasteiger partial charge >= 0.3 is 0 Å². The average Bonchev–Trinajstić information content (AvgIpc) is 1.94. The highest BCUT2D eigenvalue weighted by Gasteiger charge is 2.48. The Hall–Kier alpha value is -0.220.